The van der Waals surface area contributed by atoms with Gasteiger partial charge in [0.05, 0.1) is 18.9 Å². The summed E-state index contributed by atoms with van der Waals surface area (Å²) >= 11 is 0. The average Bonchev–Trinajstić information content (AvgIpc) is 2.71. The summed E-state index contributed by atoms with van der Waals surface area (Å²) in [4.78, 5) is 13.0. The zero-order valence-corrected chi connectivity index (χ0v) is 17.9. The van der Waals surface area contributed by atoms with Gasteiger partial charge in [0.25, 0.3) is 0 Å². The molecule has 2 aromatic heterocycles. The molecule has 8 heteroatoms. The Hall–Kier alpha value is -2.92. The van der Waals surface area contributed by atoms with Crippen LogP contribution < -0.4 is 15.4 Å². The van der Waals surface area contributed by atoms with Crippen LogP contribution in [-0.2, 0) is 6.42 Å². The highest BCUT2D eigenvalue weighted by Gasteiger charge is 2.35. The van der Waals surface area contributed by atoms with E-state index in [1.807, 2.05) is 19.1 Å². The predicted octanol–water partition coefficient (Wildman–Crippen LogP) is 3.15. The zero-order valence-electron chi connectivity index (χ0n) is 17.9. The first kappa shape index (κ1) is 21.8. The molecule has 2 atom stereocenters. The van der Waals surface area contributed by atoms with Crippen LogP contribution in [0.5, 0.6) is 5.88 Å². The summed E-state index contributed by atoms with van der Waals surface area (Å²) in [6, 6.07) is 6.20. The number of aromatic nitrogens is 3. The first-order valence-corrected chi connectivity index (χ1v) is 10.4. The molecule has 1 saturated carbocycles. The van der Waals surface area contributed by atoms with Crippen LogP contribution in [0.3, 0.4) is 0 Å². The van der Waals surface area contributed by atoms with Gasteiger partial charge in [-0.25, -0.2) is 9.97 Å². The molecule has 0 amide bonds. The highest BCUT2D eigenvalue weighted by molar-refractivity contribution is 5.54. The molecule has 1 aliphatic carbocycles. The van der Waals surface area contributed by atoms with Crippen molar-refractivity contribution in [2.75, 3.05) is 23.8 Å². The average molecular weight is 411 g/mol. The Labute approximate surface area is 177 Å². The van der Waals surface area contributed by atoms with E-state index in [4.69, 9.17) is 4.74 Å². The summed E-state index contributed by atoms with van der Waals surface area (Å²) in [6.07, 6.45) is 6.14. The quantitative estimate of drug-likeness (QED) is 0.608. The molecule has 3 N–H and O–H groups in total. The van der Waals surface area contributed by atoms with Crippen molar-refractivity contribution >= 4 is 11.8 Å². The second-order valence-corrected chi connectivity index (χ2v) is 8.31. The van der Waals surface area contributed by atoms with Gasteiger partial charge in [-0.15, -0.1) is 0 Å². The molecule has 1 fully saturated rings. The molecule has 0 radical (unpaired) electrons. The molecule has 8 nitrogen and oxygen atoms in total. The minimum Gasteiger partial charge on any atom is -0.478 e. The Kier molecular flexibility index (Phi) is 7.06. The topological polar surface area (TPSA) is 116 Å². The molecule has 2 heterocycles. The SMILES string of the molecule is CCOc1cc(CCNc2ncc(C#N)c(N[C@@H]3CC[C@H](O)C(C)(C)C3)n2)ccn1. The van der Waals surface area contributed by atoms with Crippen molar-refractivity contribution in [3.63, 3.8) is 0 Å². The van der Waals surface area contributed by atoms with Gasteiger partial charge in [-0.2, -0.15) is 10.2 Å². The summed E-state index contributed by atoms with van der Waals surface area (Å²) in [6.45, 7) is 7.30. The minimum absolute atomic E-state index is 0.159. The monoisotopic (exact) mass is 410 g/mol. The van der Waals surface area contributed by atoms with Crippen molar-refractivity contribution in [2.45, 2.75) is 58.6 Å². The smallest absolute Gasteiger partial charge is 0.224 e. The fourth-order valence-electron chi connectivity index (χ4n) is 3.75. The van der Waals surface area contributed by atoms with E-state index < -0.39 is 0 Å². The molecular weight excluding hydrogens is 380 g/mol. The van der Waals surface area contributed by atoms with Crippen molar-refractivity contribution in [3.05, 3.63) is 35.7 Å². The van der Waals surface area contributed by atoms with E-state index in [9.17, 15) is 10.4 Å². The molecular formula is C22H30N6O2. The van der Waals surface area contributed by atoms with Crippen molar-refractivity contribution < 1.29 is 9.84 Å². The predicted molar refractivity (Wildman–Crippen MR) is 115 cm³/mol. The lowest BCUT2D eigenvalue weighted by atomic mass is 9.73. The highest BCUT2D eigenvalue weighted by atomic mass is 16.5. The molecule has 0 spiro atoms. The van der Waals surface area contributed by atoms with Crippen LogP contribution in [0.1, 0.15) is 51.2 Å². The molecule has 0 bridgehead atoms. The Morgan fingerprint density at radius 3 is 2.90 bits per heavy atom. The Morgan fingerprint density at radius 2 is 2.17 bits per heavy atom. The van der Waals surface area contributed by atoms with Gasteiger partial charge in [0.2, 0.25) is 11.8 Å². The number of ether oxygens (including phenoxy) is 1. The van der Waals surface area contributed by atoms with E-state index in [2.05, 4.69) is 45.5 Å². The third kappa shape index (κ3) is 5.57. The first-order valence-electron chi connectivity index (χ1n) is 10.4. The second-order valence-electron chi connectivity index (χ2n) is 8.31. The molecule has 2 aromatic rings. The van der Waals surface area contributed by atoms with Gasteiger partial charge < -0.3 is 20.5 Å². The van der Waals surface area contributed by atoms with Crippen LogP contribution in [0, 0.1) is 16.7 Å². The van der Waals surface area contributed by atoms with Crippen molar-refractivity contribution in [2.24, 2.45) is 5.41 Å². The zero-order chi connectivity index (χ0) is 21.6. The number of nitrogens with one attached hydrogen (secondary N) is 2. The maximum Gasteiger partial charge on any atom is 0.224 e. The second kappa shape index (κ2) is 9.72. The van der Waals surface area contributed by atoms with Crippen LogP contribution in [0.4, 0.5) is 11.8 Å². The van der Waals surface area contributed by atoms with Gasteiger partial charge in [-0.1, -0.05) is 13.8 Å². The summed E-state index contributed by atoms with van der Waals surface area (Å²) in [5.41, 5.74) is 1.36. The molecule has 30 heavy (non-hydrogen) atoms. The van der Waals surface area contributed by atoms with Crippen LogP contribution in [-0.4, -0.2) is 45.4 Å². The standard InChI is InChI=1S/C22H30N6O2/c1-4-30-19-11-15(7-9-24-19)8-10-25-21-26-14-16(13-23)20(28-21)27-17-5-6-18(29)22(2,3)12-17/h7,9,11,14,17-18,29H,4-6,8,10,12H2,1-3H3,(H2,25,26,27,28)/t17-,18+/m1/s1. The largest absolute Gasteiger partial charge is 0.478 e. The fraction of sp³-hybridized carbons (Fsp3) is 0.545. The van der Waals surface area contributed by atoms with Gasteiger partial charge >= 0.3 is 0 Å². The van der Waals surface area contributed by atoms with Gasteiger partial charge in [0.15, 0.2) is 0 Å². The summed E-state index contributed by atoms with van der Waals surface area (Å²) < 4.78 is 5.44. The third-order valence-electron chi connectivity index (χ3n) is 5.50. The normalized spacial score (nSPS) is 20.2. The first-order chi connectivity index (χ1) is 14.4. The van der Waals surface area contributed by atoms with E-state index >= 15 is 0 Å². The van der Waals surface area contributed by atoms with E-state index in [0.29, 0.717) is 36.4 Å². The van der Waals surface area contributed by atoms with E-state index in [1.165, 1.54) is 0 Å². The summed E-state index contributed by atoms with van der Waals surface area (Å²) in [7, 11) is 0. The summed E-state index contributed by atoms with van der Waals surface area (Å²) in [5, 5.41) is 26.2. The minimum atomic E-state index is -0.301. The number of nitrogens with zero attached hydrogens (tertiary/aromatic N) is 4. The highest BCUT2D eigenvalue weighted by Crippen LogP contribution is 2.36. The number of anilines is 2. The molecule has 0 aliphatic heterocycles. The van der Waals surface area contributed by atoms with Crippen molar-refractivity contribution in [1.82, 2.24) is 15.0 Å². The number of aliphatic hydroxyl groups excluding tert-OH is 1. The number of nitriles is 1. The number of pyridine rings is 1. The Balaban J connectivity index is 1.62. The van der Waals surface area contributed by atoms with E-state index in [-0.39, 0.29) is 17.6 Å². The van der Waals surface area contributed by atoms with Crippen LogP contribution in [0.25, 0.3) is 0 Å². The Bertz CT molecular complexity index is 895. The van der Waals surface area contributed by atoms with E-state index in [0.717, 1.165) is 31.2 Å². The van der Waals surface area contributed by atoms with Crippen molar-refractivity contribution in [3.8, 4) is 11.9 Å². The number of hydrogen-bond donors (Lipinski definition) is 3. The maximum absolute atomic E-state index is 10.2. The van der Waals surface area contributed by atoms with Gasteiger partial charge in [-0.05, 0) is 49.7 Å². The van der Waals surface area contributed by atoms with Crippen LogP contribution in [0.2, 0.25) is 0 Å². The summed E-state index contributed by atoms with van der Waals surface area (Å²) in [5.74, 6) is 1.64. The molecule has 160 valence electrons. The lowest BCUT2D eigenvalue weighted by Gasteiger charge is -2.40. The maximum atomic E-state index is 10.2. The lowest BCUT2D eigenvalue weighted by Crippen LogP contribution is -2.41. The van der Waals surface area contributed by atoms with Gasteiger partial charge in [-0.3, -0.25) is 0 Å². The van der Waals surface area contributed by atoms with Crippen LogP contribution in [0.15, 0.2) is 24.5 Å². The number of rotatable bonds is 8. The van der Waals surface area contributed by atoms with Gasteiger partial charge in [0.1, 0.15) is 17.5 Å². The Morgan fingerprint density at radius 1 is 1.33 bits per heavy atom. The molecule has 1 aliphatic rings. The number of aliphatic hydroxyl groups is 1. The molecule has 0 saturated heterocycles. The molecule has 0 unspecified atom stereocenters. The lowest BCUT2D eigenvalue weighted by molar-refractivity contribution is 0.00926. The fourth-order valence-corrected chi connectivity index (χ4v) is 3.75. The van der Waals surface area contributed by atoms with Crippen molar-refractivity contribution in [1.29, 1.82) is 5.26 Å². The van der Waals surface area contributed by atoms with Crippen LogP contribution >= 0.6 is 0 Å². The molecule has 3 rings (SSSR count). The van der Waals surface area contributed by atoms with Gasteiger partial charge in [0, 0.05) is 24.8 Å². The number of hydrogen-bond acceptors (Lipinski definition) is 8. The molecule has 0 aromatic carbocycles. The van der Waals surface area contributed by atoms with E-state index in [1.54, 1.807) is 12.4 Å². The third-order valence-corrected chi connectivity index (χ3v) is 5.50.